The van der Waals surface area contributed by atoms with Gasteiger partial charge in [-0.05, 0) is 39.0 Å². The average molecular weight is 278 g/mol. The van der Waals surface area contributed by atoms with E-state index in [0.717, 1.165) is 49.9 Å². The first kappa shape index (κ1) is 15.0. The Morgan fingerprint density at radius 3 is 2.60 bits per heavy atom. The number of nitrogens with two attached hydrogens (primary N) is 1. The summed E-state index contributed by atoms with van der Waals surface area (Å²) < 4.78 is 1.76. The Bertz CT molecular complexity index is 460. The molecule has 1 aromatic rings. The fourth-order valence-electron chi connectivity index (χ4n) is 2.97. The van der Waals surface area contributed by atoms with Gasteiger partial charge in [-0.2, -0.15) is 5.10 Å². The summed E-state index contributed by atoms with van der Waals surface area (Å²) in [5.41, 5.74) is 7.64. The van der Waals surface area contributed by atoms with Gasteiger partial charge >= 0.3 is 0 Å². The van der Waals surface area contributed by atoms with Crippen molar-refractivity contribution in [1.82, 2.24) is 14.7 Å². The lowest BCUT2D eigenvalue weighted by Gasteiger charge is -2.36. The molecule has 1 fully saturated rings. The average Bonchev–Trinajstić information content (AvgIpc) is 2.77. The number of carbonyl (C=O) groups is 1. The molecular formula is C15H26N4O. The normalized spacial score (nSPS) is 22.8. The van der Waals surface area contributed by atoms with Gasteiger partial charge < -0.3 is 10.6 Å². The van der Waals surface area contributed by atoms with Gasteiger partial charge in [-0.1, -0.05) is 6.92 Å². The second kappa shape index (κ2) is 6.39. The second-order valence-electron chi connectivity index (χ2n) is 5.83. The van der Waals surface area contributed by atoms with Crippen LogP contribution in [0.4, 0.5) is 0 Å². The molecule has 1 heterocycles. The number of aromatic nitrogens is 2. The first-order valence-electron chi connectivity index (χ1n) is 7.59. The Balaban J connectivity index is 2.15. The van der Waals surface area contributed by atoms with Crippen molar-refractivity contribution < 1.29 is 4.79 Å². The monoisotopic (exact) mass is 278 g/mol. The second-order valence-corrected chi connectivity index (χ2v) is 5.83. The van der Waals surface area contributed by atoms with E-state index in [4.69, 9.17) is 5.73 Å². The summed E-state index contributed by atoms with van der Waals surface area (Å²) >= 11 is 0. The Kier molecular flexibility index (Phi) is 4.81. The van der Waals surface area contributed by atoms with Gasteiger partial charge in [-0.3, -0.25) is 9.48 Å². The van der Waals surface area contributed by atoms with E-state index in [1.807, 2.05) is 18.9 Å². The molecule has 0 aliphatic heterocycles. The van der Waals surface area contributed by atoms with Crippen LogP contribution < -0.4 is 5.73 Å². The third kappa shape index (κ3) is 3.03. The summed E-state index contributed by atoms with van der Waals surface area (Å²) in [5.74, 6) is 0.123. The van der Waals surface area contributed by atoms with Crippen LogP contribution in [0.25, 0.3) is 0 Å². The molecule has 1 aromatic heterocycles. The van der Waals surface area contributed by atoms with Gasteiger partial charge in [0.05, 0.1) is 11.8 Å². The van der Waals surface area contributed by atoms with E-state index < -0.39 is 0 Å². The van der Waals surface area contributed by atoms with Gasteiger partial charge in [0.15, 0.2) is 0 Å². The molecule has 0 bridgehead atoms. The lowest BCUT2D eigenvalue weighted by atomic mass is 9.90. The van der Waals surface area contributed by atoms with Crippen molar-refractivity contribution in [3.63, 3.8) is 0 Å². The van der Waals surface area contributed by atoms with E-state index in [-0.39, 0.29) is 5.91 Å². The van der Waals surface area contributed by atoms with Crippen molar-refractivity contribution in [3.8, 4) is 0 Å². The maximum absolute atomic E-state index is 12.8. The molecule has 5 heteroatoms. The Labute approximate surface area is 121 Å². The molecule has 0 aromatic carbocycles. The van der Waals surface area contributed by atoms with E-state index in [2.05, 4.69) is 12.0 Å². The highest BCUT2D eigenvalue weighted by molar-refractivity contribution is 5.95. The van der Waals surface area contributed by atoms with Gasteiger partial charge in [0, 0.05) is 31.4 Å². The van der Waals surface area contributed by atoms with Gasteiger partial charge in [0.25, 0.3) is 5.91 Å². The molecular weight excluding hydrogens is 252 g/mol. The quantitative estimate of drug-likeness (QED) is 0.914. The summed E-state index contributed by atoms with van der Waals surface area (Å²) in [6.45, 7) is 4.87. The van der Waals surface area contributed by atoms with Crippen LogP contribution in [0.5, 0.6) is 0 Å². The fourth-order valence-corrected chi connectivity index (χ4v) is 2.97. The van der Waals surface area contributed by atoms with Crippen LogP contribution in [-0.4, -0.2) is 39.2 Å². The maximum Gasteiger partial charge on any atom is 0.257 e. The van der Waals surface area contributed by atoms with E-state index in [1.54, 1.807) is 10.9 Å². The summed E-state index contributed by atoms with van der Waals surface area (Å²) in [4.78, 5) is 14.8. The standard InChI is InChI=1S/C15H26N4O/c1-4-9-19(13-7-5-12(16)6-8-13)15(20)14-10-17-18(3)11(14)2/h10,12-13H,4-9,16H2,1-3H3. The number of rotatable bonds is 4. The smallest absolute Gasteiger partial charge is 0.257 e. The fraction of sp³-hybridized carbons (Fsp3) is 0.733. The van der Waals surface area contributed by atoms with E-state index in [1.165, 1.54) is 0 Å². The number of hydrogen-bond acceptors (Lipinski definition) is 3. The van der Waals surface area contributed by atoms with Crippen LogP contribution in [0.1, 0.15) is 55.1 Å². The lowest BCUT2D eigenvalue weighted by Crippen LogP contribution is -2.44. The van der Waals surface area contributed by atoms with Crippen LogP contribution >= 0.6 is 0 Å². The third-order valence-electron chi connectivity index (χ3n) is 4.37. The zero-order valence-corrected chi connectivity index (χ0v) is 12.8. The van der Waals surface area contributed by atoms with Crippen LogP contribution in [0.3, 0.4) is 0 Å². The van der Waals surface area contributed by atoms with Crippen molar-refractivity contribution in [2.24, 2.45) is 12.8 Å². The van der Waals surface area contributed by atoms with Gasteiger partial charge in [-0.15, -0.1) is 0 Å². The molecule has 2 rings (SSSR count). The third-order valence-corrected chi connectivity index (χ3v) is 4.37. The van der Waals surface area contributed by atoms with Crippen molar-refractivity contribution in [3.05, 3.63) is 17.5 Å². The zero-order valence-electron chi connectivity index (χ0n) is 12.8. The van der Waals surface area contributed by atoms with E-state index in [9.17, 15) is 4.79 Å². The van der Waals surface area contributed by atoms with Crippen LogP contribution in [0, 0.1) is 6.92 Å². The van der Waals surface area contributed by atoms with Gasteiger partial charge in [0.1, 0.15) is 0 Å². The van der Waals surface area contributed by atoms with Crippen LogP contribution in [0.2, 0.25) is 0 Å². The minimum absolute atomic E-state index is 0.123. The molecule has 0 saturated heterocycles. The van der Waals surface area contributed by atoms with Crippen molar-refractivity contribution in [1.29, 1.82) is 0 Å². The number of carbonyl (C=O) groups excluding carboxylic acids is 1. The highest BCUT2D eigenvalue weighted by atomic mass is 16.2. The Hall–Kier alpha value is -1.36. The number of nitrogens with zero attached hydrogens (tertiary/aromatic N) is 3. The number of aryl methyl sites for hydroxylation is 1. The van der Waals surface area contributed by atoms with Crippen molar-refractivity contribution in [2.75, 3.05) is 6.54 Å². The Morgan fingerprint density at radius 1 is 1.45 bits per heavy atom. The summed E-state index contributed by atoms with van der Waals surface area (Å²) in [6.07, 6.45) is 6.75. The number of amides is 1. The lowest BCUT2D eigenvalue weighted by molar-refractivity contribution is 0.0626. The molecule has 20 heavy (non-hydrogen) atoms. The first-order chi connectivity index (χ1) is 9.54. The molecule has 112 valence electrons. The molecule has 1 saturated carbocycles. The summed E-state index contributed by atoms with van der Waals surface area (Å²) in [5, 5.41) is 4.19. The van der Waals surface area contributed by atoms with Crippen LogP contribution in [0.15, 0.2) is 6.20 Å². The van der Waals surface area contributed by atoms with Gasteiger partial charge in [0.2, 0.25) is 0 Å². The molecule has 0 radical (unpaired) electrons. The van der Waals surface area contributed by atoms with Gasteiger partial charge in [-0.25, -0.2) is 0 Å². The van der Waals surface area contributed by atoms with Crippen LogP contribution in [-0.2, 0) is 7.05 Å². The van der Waals surface area contributed by atoms with Crippen molar-refractivity contribution >= 4 is 5.91 Å². The summed E-state index contributed by atoms with van der Waals surface area (Å²) in [7, 11) is 1.87. The Morgan fingerprint density at radius 2 is 2.10 bits per heavy atom. The molecule has 1 amide bonds. The molecule has 1 aliphatic carbocycles. The highest BCUT2D eigenvalue weighted by Gasteiger charge is 2.29. The molecule has 1 aliphatic rings. The molecule has 0 atom stereocenters. The summed E-state index contributed by atoms with van der Waals surface area (Å²) in [6, 6.07) is 0.645. The van der Waals surface area contributed by atoms with Crippen molar-refractivity contribution in [2.45, 2.75) is 58.0 Å². The predicted octanol–water partition coefficient (Wildman–Crippen LogP) is 1.85. The molecule has 2 N–H and O–H groups in total. The van der Waals surface area contributed by atoms with E-state index >= 15 is 0 Å². The topological polar surface area (TPSA) is 64.2 Å². The van der Waals surface area contributed by atoms with E-state index in [0.29, 0.717) is 12.1 Å². The molecule has 0 unspecified atom stereocenters. The molecule has 5 nitrogen and oxygen atoms in total. The minimum atomic E-state index is 0.123. The number of hydrogen-bond donors (Lipinski definition) is 1. The SMILES string of the molecule is CCCN(C(=O)c1cnn(C)c1C)C1CCC(N)CC1. The highest BCUT2D eigenvalue weighted by Crippen LogP contribution is 2.24. The zero-order chi connectivity index (χ0) is 14.7. The minimum Gasteiger partial charge on any atom is -0.336 e. The molecule has 0 spiro atoms. The predicted molar refractivity (Wildman–Crippen MR) is 79.5 cm³/mol. The largest absolute Gasteiger partial charge is 0.336 e. The maximum atomic E-state index is 12.8. The first-order valence-corrected chi connectivity index (χ1v) is 7.59.